The van der Waals surface area contributed by atoms with Crippen LogP contribution in [0, 0.1) is 11.3 Å². The molecule has 1 N–H and O–H groups in total. The number of likely N-dealkylation sites (N-methyl/N-ethyl adjacent to an activating group) is 1. The zero-order valence-corrected chi connectivity index (χ0v) is 14.2. The van der Waals surface area contributed by atoms with Crippen molar-refractivity contribution in [1.82, 2.24) is 10.2 Å². The normalized spacial score (nSPS) is 40.9. The van der Waals surface area contributed by atoms with Gasteiger partial charge in [-0.15, -0.1) is 0 Å². The van der Waals surface area contributed by atoms with Crippen LogP contribution in [0.1, 0.15) is 58.8 Å². The maximum absolute atomic E-state index is 5.78. The minimum atomic E-state index is 0.408. The first-order chi connectivity index (χ1) is 10.1. The molecule has 122 valence electrons. The van der Waals surface area contributed by atoms with Crippen molar-refractivity contribution in [3.8, 4) is 0 Å². The first kappa shape index (κ1) is 15.8. The van der Waals surface area contributed by atoms with Gasteiger partial charge >= 0.3 is 0 Å². The average molecular weight is 294 g/mol. The molecule has 0 aromatic heterocycles. The van der Waals surface area contributed by atoms with Crippen LogP contribution in [0.25, 0.3) is 0 Å². The first-order valence-electron chi connectivity index (χ1n) is 9.13. The van der Waals surface area contributed by atoms with Gasteiger partial charge in [-0.25, -0.2) is 0 Å². The van der Waals surface area contributed by atoms with E-state index in [4.69, 9.17) is 4.74 Å². The third kappa shape index (κ3) is 4.00. The summed E-state index contributed by atoms with van der Waals surface area (Å²) in [5.74, 6) is 0.929. The lowest BCUT2D eigenvalue weighted by Gasteiger charge is -2.44. The predicted molar refractivity (Wildman–Crippen MR) is 87.5 cm³/mol. The molecule has 0 amide bonds. The number of hydrogen-bond acceptors (Lipinski definition) is 3. The zero-order chi connectivity index (χ0) is 14.9. The third-order valence-corrected chi connectivity index (χ3v) is 6.17. The minimum absolute atomic E-state index is 0.408. The highest BCUT2D eigenvalue weighted by atomic mass is 16.5. The molecule has 1 aliphatic heterocycles. The molecule has 1 saturated heterocycles. The number of rotatable bonds is 6. The molecule has 2 unspecified atom stereocenters. The average Bonchev–Trinajstić information content (AvgIpc) is 3.20. The summed E-state index contributed by atoms with van der Waals surface area (Å²) in [5.41, 5.74) is 0.506. The highest BCUT2D eigenvalue weighted by Gasteiger charge is 2.39. The van der Waals surface area contributed by atoms with Crippen molar-refractivity contribution in [2.45, 2.75) is 77.0 Å². The second kappa shape index (κ2) is 6.55. The predicted octanol–water partition coefficient (Wildman–Crippen LogP) is 3.04. The Kier molecular flexibility index (Phi) is 4.92. The SMILES string of the molecule is CC1CCC(CNC2CC2)(CN(C)C2CCOC2C)CC1. The minimum Gasteiger partial charge on any atom is -0.377 e. The van der Waals surface area contributed by atoms with Gasteiger partial charge in [-0.2, -0.15) is 0 Å². The van der Waals surface area contributed by atoms with Crippen LogP contribution in [-0.4, -0.2) is 49.8 Å². The van der Waals surface area contributed by atoms with E-state index in [1.807, 2.05) is 0 Å². The van der Waals surface area contributed by atoms with E-state index < -0.39 is 0 Å². The quantitative estimate of drug-likeness (QED) is 0.815. The van der Waals surface area contributed by atoms with Crippen LogP contribution in [0.5, 0.6) is 0 Å². The van der Waals surface area contributed by atoms with Crippen LogP contribution in [0.15, 0.2) is 0 Å². The van der Waals surface area contributed by atoms with Gasteiger partial charge in [0.05, 0.1) is 6.10 Å². The van der Waals surface area contributed by atoms with Crippen molar-refractivity contribution in [2.24, 2.45) is 11.3 Å². The fraction of sp³-hybridized carbons (Fsp3) is 1.00. The molecule has 3 aliphatic rings. The summed E-state index contributed by atoms with van der Waals surface area (Å²) in [7, 11) is 2.33. The molecule has 2 atom stereocenters. The molecule has 0 spiro atoms. The van der Waals surface area contributed by atoms with E-state index >= 15 is 0 Å². The molecule has 2 aliphatic carbocycles. The van der Waals surface area contributed by atoms with Gasteiger partial charge in [0.1, 0.15) is 0 Å². The molecule has 0 aromatic carbocycles. The highest BCUT2D eigenvalue weighted by molar-refractivity contribution is 4.94. The molecule has 21 heavy (non-hydrogen) atoms. The van der Waals surface area contributed by atoms with Gasteiger partial charge < -0.3 is 15.0 Å². The summed E-state index contributed by atoms with van der Waals surface area (Å²) in [5, 5.41) is 3.83. The Morgan fingerprint density at radius 1 is 1.10 bits per heavy atom. The molecular weight excluding hydrogens is 260 g/mol. The van der Waals surface area contributed by atoms with Crippen molar-refractivity contribution in [2.75, 3.05) is 26.7 Å². The monoisotopic (exact) mass is 294 g/mol. The lowest BCUT2D eigenvalue weighted by atomic mass is 9.70. The van der Waals surface area contributed by atoms with Crippen LogP contribution < -0.4 is 5.32 Å². The zero-order valence-electron chi connectivity index (χ0n) is 14.2. The number of nitrogens with one attached hydrogen (secondary N) is 1. The Morgan fingerprint density at radius 2 is 1.81 bits per heavy atom. The van der Waals surface area contributed by atoms with Crippen LogP contribution in [-0.2, 0) is 4.74 Å². The number of ether oxygens (including phenoxy) is 1. The second-order valence-electron chi connectivity index (χ2n) is 8.18. The second-order valence-corrected chi connectivity index (χ2v) is 8.18. The summed E-state index contributed by atoms with van der Waals surface area (Å²) >= 11 is 0. The molecular formula is C18H34N2O. The van der Waals surface area contributed by atoms with Crippen molar-refractivity contribution in [3.63, 3.8) is 0 Å². The van der Waals surface area contributed by atoms with E-state index in [-0.39, 0.29) is 0 Å². The smallest absolute Gasteiger partial charge is 0.0702 e. The molecule has 0 aromatic rings. The molecule has 3 rings (SSSR count). The maximum atomic E-state index is 5.78. The van der Waals surface area contributed by atoms with Crippen molar-refractivity contribution in [3.05, 3.63) is 0 Å². The van der Waals surface area contributed by atoms with Crippen molar-refractivity contribution < 1.29 is 4.74 Å². The van der Waals surface area contributed by atoms with Gasteiger partial charge in [0.2, 0.25) is 0 Å². The summed E-state index contributed by atoms with van der Waals surface area (Å²) in [6, 6.07) is 1.46. The number of nitrogens with zero attached hydrogens (tertiary/aromatic N) is 1. The van der Waals surface area contributed by atoms with E-state index in [2.05, 4.69) is 31.1 Å². The lowest BCUT2D eigenvalue weighted by molar-refractivity contribution is 0.0442. The Labute approximate surface area is 130 Å². The van der Waals surface area contributed by atoms with Gasteiger partial charge in [-0.05, 0) is 57.4 Å². The van der Waals surface area contributed by atoms with E-state index in [9.17, 15) is 0 Å². The summed E-state index contributed by atoms with van der Waals surface area (Å²) in [6.07, 6.45) is 10.0. The van der Waals surface area contributed by atoms with Crippen LogP contribution in [0.2, 0.25) is 0 Å². The Bertz CT molecular complexity index is 334. The molecule has 3 heteroatoms. The fourth-order valence-corrected chi connectivity index (χ4v) is 4.36. The summed E-state index contributed by atoms with van der Waals surface area (Å²) < 4.78 is 5.78. The van der Waals surface area contributed by atoms with Crippen molar-refractivity contribution >= 4 is 0 Å². The highest BCUT2D eigenvalue weighted by Crippen LogP contribution is 2.40. The van der Waals surface area contributed by atoms with E-state index in [1.54, 1.807) is 0 Å². The molecule has 0 radical (unpaired) electrons. The maximum Gasteiger partial charge on any atom is 0.0702 e. The summed E-state index contributed by atoms with van der Waals surface area (Å²) in [4.78, 5) is 2.61. The van der Waals surface area contributed by atoms with Gasteiger partial charge in [-0.3, -0.25) is 0 Å². The molecule has 1 heterocycles. The van der Waals surface area contributed by atoms with Gasteiger partial charge in [0.25, 0.3) is 0 Å². The third-order valence-electron chi connectivity index (χ3n) is 6.17. The standard InChI is InChI=1S/C18H34N2O/c1-14-6-9-18(10-7-14,12-19-16-4-5-16)13-20(3)17-8-11-21-15(17)2/h14-17,19H,4-13H2,1-3H3. The van der Waals surface area contributed by atoms with Gasteiger partial charge in [0, 0.05) is 31.8 Å². The summed E-state index contributed by atoms with van der Waals surface area (Å²) in [6.45, 7) is 8.09. The Balaban J connectivity index is 1.60. The van der Waals surface area contributed by atoms with Gasteiger partial charge in [-0.1, -0.05) is 19.8 Å². The molecule has 0 bridgehead atoms. The Morgan fingerprint density at radius 3 is 2.38 bits per heavy atom. The molecule has 3 fully saturated rings. The fourth-order valence-electron chi connectivity index (χ4n) is 4.36. The van der Waals surface area contributed by atoms with E-state index in [0.29, 0.717) is 17.6 Å². The van der Waals surface area contributed by atoms with Gasteiger partial charge in [0.15, 0.2) is 0 Å². The van der Waals surface area contributed by atoms with Crippen LogP contribution in [0.3, 0.4) is 0 Å². The molecule has 2 saturated carbocycles. The number of hydrogen-bond donors (Lipinski definition) is 1. The topological polar surface area (TPSA) is 24.5 Å². The lowest BCUT2D eigenvalue weighted by Crippen LogP contribution is -2.49. The van der Waals surface area contributed by atoms with E-state index in [0.717, 1.165) is 18.6 Å². The largest absolute Gasteiger partial charge is 0.377 e. The van der Waals surface area contributed by atoms with Crippen LogP contribution in [0.4, 0.5) is 0 Å². The van der Waals surface area contributed by atoms with E-state index in [1.165, 1.54) is 58.0 Å². The van der Waals surface area contributed by atoms with Crippen LogP contribution >= 0.6 is 0 Å². The molecule has 3 nitrogen and oxygen atoms in total. The Hall–Kier alpha value is -0.120. The van der Waals surface area contributed by atoms with Crippen molar-refractivity contribution in [1.29, 1.82) is 0 Å². The first-order valence-corrected chi connectivity index (χ1v) is 9.13.